The lowest BCUT2D eigenvalue weighted by Crippen LogP contribution is -2.38. The van der Waals surface area contributed by atoms with E-state index in [0.717, 1.165) is 36.4 Å². The Bertz CT molecular complexity index is 639. The van der Waals surface area contributed by atoms with Gasteiger partial charge in [-0.25, -0.2) is 9.97 Å². The Morgan fingerprint density at radius 1 is 1.29 bits per heavy atom. The van der Waals surface area contributed by atoms with E-state index in [2.05, 4.69) is 46.7 Å². The van der Waals surface area contributed by atoms with Gasteiger partial charge in [0.2, 0.25) is 5.89 Å². The van der Waals surface area contributed by atoms with Gasteiger partial charge in [0, 0.05) is 35.6 Å². The SMILES string of the molecule is CC(C)(C)c1cnc(CNCc2cnc(N[C@@H]3CCCNC3)s2)o1. The Kier molecular flexibility index (Phi) is 5.53. The molecule has 3 N–H and O–H groups in total. The molecule has 0 saturated carbocycles. The third-order valence-electron chi connectivity index (χ3n) is 4.05. The van der Waals surface area contributed by atoms with Crippen LogP contribution < -0.4 is 16.0 Å². The van der Waals surface area contributed by atoms with Crippen molar-refractivity contribution in [3.8, 4) is 0 Å². The standard InChI is InChI=1S/C17H27N5OS/c1-17(2,3)14-10-20-15(23-14)11-19-8-13-9-21-16(24-13)22-12-5-4-6-18-7-12/h9-10,12,18-19H,4-8,11H2,1-3H3,(H,21,22)/t12-/m1/s1. The van der Waals surface area contributed by atoms with E-state index in [-0.39, 0.29) is 5.41 Å². The number of aromatic nitrogens is 2. The van der Waals surface area contributed by atoms with Gasteiger partial charge in [-0.05, 0) is 19.4 Å². The number of oxazole rings is 1. The van der Waals surface area contributed by atoms with E-state index in [0.29, 0.717) is 12.6 Å². The van der Waals surface area contributed by atoms with Gasteiger partial charge in [-0.1, -0.05) is 20.8 Å². The van der Waals surface area contributed by atoms with E-state index < -0.39 is 0 Å². The molecule has 0 aliphatic carbocycles. The van der Waals surface area contributed by atoms with Crippen LogP contribution in [0.3, 0.4) is 0 Å². The number of piperidine rings is 1. The average molecular weight is 350 g/mol. The summed E-state index contributed by atoms with van der Waals surface area (Å²) >= 11 is 1.71. The first kappa shape index (κ1) is 17.4. The first-order valence-corrected chi connectivity index (χ1v) is 9.40. The molecule has 1 saturated heterocycles. The van der Waals surface area contributed by atoms with Crippen molar-refractivity contribution in [2.45, 2.75) is 58.2 Å². The first-order valence-electron chi connectivity index (χ1n) is 8.58. The van der Waals surface area contributed by atoms with Crippen molar-refractivity contribution in [3.05, 3.63) is 28.9 Å². The van der Waals surface area contributed by atoms with Gasteiger partial charge < -0.3 is 20.4 Å². The van der Waals surface area contributed by atoms with E-state index in [1.807, 2.05) is 12.4 Å². The lowest BCUT2D eigenvalue weighted by atomic mass is 9.94. The largest absolute Gasteiger partial charge is 0.444 e. The van der Waals surface area contributed by atoms with E-state index in [4.69, 9.17) is 4.42 Å². The molecule has 2 aromatic rings. The quantitative estimate of drug-likeness (QED) is 0.745. The molecule has 1 atom stereocenters. The zero-order valence-corrected chi connectivity index (χ0v) is 15.5. The van der Waals surface area contributed by atoms with Crippen LogP contribution in [0.2, 0.25) is 0 Å². The molecule has 1 aliphatic rings. The highest BCUT2D eigenvalue weighted by Crippen LogP contribution is 2.23. The van der Waals surface area contributed by atoms with Gasteiger partial charge in [-0.3, -0.25) is 0 Å². The summed E-state index contributed by atoms with van der Waals surface area (Å²) < 4.78 is 5.79. The van der Waals surface area contributed by atoms with Gasteiger partial charge in [0.25, 0.3) is 0 Å². The van der Waals surface area contributed by atoms with Crippen LogP contribution in [-0.4, -0.2) is 29.1 Å². The maximum Gasteiger partial charge on any atom is 0.208 e. The predicted octanol–water partition coefficient (Wildman–Crippen LogP) is 2.88. The molecule has 0 unspecified atom stereocenters. The molecule has 2 aromatic heterocycles. The van der Waals surface area contributed by atoms with Crippen LogP contribution >= 0.6 is 11.3 Å². The summed E-state index contributed by atoms with van der Waals surface area (Å²) in [5, 5.41) is 11.3. The molecule has 0 bridgehead atoms. The maximum atomic E-state index is 5.79. The van der Waals surface area contributed by atoms with Crippen LogP contribution in [0.5, 0.6) is 0 Å². The molecular weight excluding hydrogens is 322 g/mol. The smallest absolute Gasteiger partial charge is 0.208 e. The van der Waals surface area contributed by atoms with Crippen molar-refractivity contribution < 1.29 is 4.42 Å². The van der Waals surface area contributed by atoms with E-state index in [9.17, 15) is 0 Å². The monoisotopic (exact) mass is 349 g/mol. The summed E-state index contributed by atoms with van der Waals surface area (Å²) in [5.41, 5.74) is -0.00251. The Labute approximate surface area is 147 Å². The fourth-order valence-electron chi connectivity index (χ4n) is 2.64. The van der Waals surface area contributed by atoms with Crippen LogP contribution in [0.25, 0.3) is 0 Å². The molecule has 132 valence electrons. The van der Waals surface area contributed by atoms with Crippen LogP contribution in [0.15, 0.2) is 16.8 Å². The number of nitrogens with zero attached hydrogens (tertiary/aromatic N) is 2. The number of hydrogen-bond donors (Lipinski definition) is 3. The molecule has 3 rings (SSSR count). The summed E-state index contributed by atoms with van der Waals surface area (Å²) in [7, 11) is 0. The Balaban J connectivity index is 1.44. The number of anilines is 1. The van der Waals surface area contributed by atoms with Crippen LogP contribution in [-0.2, 0) is 18.5 Å². The fraction of sp³-hybridized carbons (Fsp3) is 0.647. The molecule has 1 aliphatic heterocycles. The lowest BCUT2D eigenvalue weighted by molar-refractivity contribution is 0.374. The first-order chi connectivity index (χ1) is 11.5. The Morgan fingerprint density at radius 3 is 2.88 bits per heavy atom. The molecule has 24 heavy (non-hydrogen) atoms. The van der Waals surface area contributed by atoms with Crippen LogP contribution in [0.1, 0.15) is 50.1 Å². The topological polar surface area (TPSA) is 75.0 Å². The summed E-state index contributed by atoms with van der Waals surface area (Å²) in [5.74, 6) is 1.65. The van der Waals surface area contributed by atoms with Crippen molar-refractivity contribution in [3.63, 3.8) is 0 Å². The third-order valence-corrected chi connectivity index (χ3v) is 4.97. The highest BCUT2D eigenvalue weighted by atomic mass is 32.1. The molecule has 0 radical (unpaired) electrons. The average Bonchev–Trinajstić information content (AvgIpc) is 3.18. The number of hydrogen-bond acceptors (Lipinski definition) is 7. The van der Waals surface area contributed by atoms with Crippen molar-refractivity contribution in [1.82, 2.24) is 20.6 Å². The fourth-order valence-corrected chi connectivity index (χ4v) is 3.50. The van der Waals surface area contributed by atoms with Crippen molar-refractivity contribution in [1.29, 1.82) is 0 Å². The van der Waals surface area contributed by atoms with E-state index in [1.165, 1.54) is 17.7 Å². The van der Waals surface area contributed by atoms with Gasteiger partial charge in [0.15, 0.2) is 5.13 Å². The van der Waals surface area contributed by atoms with Gasteiger partial charge in [0.1, 0.15) is 5.76 Å². The molecular formula is C17H27N5OS. The Morgan fingerprint density at radius 2 is 2.17 bits per heavy atom. The van der Waals surface area contributed by atoms with E-state index >= 15 is 0 Å². The number of thiazole rings is 1. The van der Waals surface area contributed by atoms with Gasteiger partial charge >= 0.3 is 0 Å². The third kappa shape index (κ3) is 4.78. The second-order valence-corrected chi connectivity index (χ2v) is 8.41. The molecule has 7 heteroatoms. The van der Waals surface area contributed by atoms with Crippen molar-refractivity contribution in [2.24, 2.45) is 0 Å². The van der Waals surface area contributed by atoms with E-state index in [1.54, 1.807) is 11.3 Å². The summed E-state index contributed by atoms with van der Waals surface area (Å²) in [6.07, 6.45) is 6.20. The highest BCUT2D eigenvalue weighted by molar-refractivity contribution is 7.15. The minimum Gasteiger partial charge on any atom is -0.444 e. The number of rotatable bonds is 6. The second kappa shape index (κ2) is 7.63. The zero-order chi connectivity index (χ0) is 17.0. The van der Waals surface area contributed by atoms with Crippen LogP contribution in [0, 0.1) is 0 Å². The molecule has 3 heterocycles. The molecule has 1 fully saturated rings. The summed E-state index contributed by atoms with van der Waals surface area (Å²) in [6.45, 7) is 9.92. The van der Waals surface area contributed by atoms with Gasteiger partial charge in [0.05, 0.1) is 12.7 Å². The molecule has 0 amide bonds. The van der Waals surface area contributed by atoms with Crippen LogP contribution in [0.4, 0.5) is 5.13 Å². The van der Waals surface area contributed by atoms with Gasteiger partial charge in [-0.2, -0.15) is 0 Å². The predicted molar refractivity (Wildman–Crippen MR) is 97.4 cm³/mol. The minimum absolute atomic E-state index is 0.00251. The number of nitrogens with one attached hydrogen (secondary N) is 3. The van der Waals surface area contributed by atoms with Crippen molar-refractivity contribution in [2.75, 3.05) is 18.4 Å². The summed E-state index contributed by atoms with van der Waals surface area (Å²) in [4.78, 5) is 10.0. The zero-order valence-electron chi connectivity index (χ0n) is 14.7. The Hall–Kier alpha value is -1.44. The highest BCUT2D eigenvalue weighted by Gasteiger charge is 2.19. The molecule has 0 spiro atoms. The lowest BCUT2D eigenvalue weighted by Gasteiger charge is -2.23. The second-order valence-electron chi connectivity index (χ2n) is 7.29. The minimum atomic E-state index is -0.00251. The van der Waals surface area contributed by atoms with Gasteiger partial charge in [-0.15, -0.1) is 11.3 Å². The normalized spacial score (nSPS) is 18.7. The maximum absolute atomic E-state index is 5.79. The molecule has 6 nitrogen and oxygen atoms in total. The molecule has 0 aromatic carbocycles. The summed E-state index contributed by atoms with van der Waals surface area (Å²) in [6, 6.07) is 0.494. The van der Waals surface area contributed by atoms with Crippen molar-refractivity contribution >= 4 is 16.5 Å².